The van der Waals surface area contributed by atoms with Crippen molar-refractivity contribution >= 4 is 31.9 Å². The lowest BCUT2D eigenvalue weighted by Gasteiger charge is -2.30. The molecule has 84 valence electrons. The predicted molar refractivity (Wildman–Crippen MR) is 69.6 cm³/mol. The first kappa shape index (κ1) is 12.1. The SMILES string of the molecule is Cc1ccc(C2(C#N)OCCC2(Br)Br)cc1. The summed E-state index contributed by atoms with van der Waals surface area (Å²) in [5.41, 5.74) is 1.11. The van der Waals surface area contributed by atoms with Crippen LogP contribution in [0.15, 0.2) is 24.3 Å². The molecule has 2 rings (SSSR count). The first-order valence-corrected chi connectivity index (χ1v) is 6.61. The average Bonchev–Trinajstić information content (AvgIpc) is 2.55. The standard InChI is InChI=1S/C12H11Br2NO/c1-9-2-4-10(5-3-9)11(8-15)12(13,14)6-7-16-11/h2-5H,6-7H2,1H3. The van der Waals surface area contributed by atoms with E-state index in [1.807, 2.05) is 31.2 Å². The van der Waals surface area contributed by atoms with Gasteiger partial charge in [-0.3, -0.25) is 0 Å². The van der Waals surface area contributed by atoms with E-state index in [-0.39, 0.29) is 0 Å². The molecule has 1 heterocycles. The van der Waals surface area contributed by atoms with Crippen LogP contribution in [-0.2, 0) is 10.3 Å². The summed E-state index contributed by atoms with van der Waals surface area (Å²) in [6.45, 7) is 2.59. The van der Waals surface area contributed by atoms with Crippen molar-refractivity contribution < 1.29 is 4.74 Å². The lowest BCUT2D eigenvalue weighted by molar-refractivity contribution is 0.0496. The van der Waals surface area contributed by atoms with E-state index in [1.54, 1.807) is 0 Å². The molecule has 0 N–H and O–H groups in total. The number of ether oxygens (including phenoxy) is 1. The van der Waals surface area contributed by atoms with Crippen molar-refractivity contribution in [2.45, 2.75) is 22.2 Å². The van der Waals surface area contributed by atoms with Crippen LogP contribution in [0.4, 0.5) is 0 Å². The van der Waals surface area contributed by atoms with Crippen molar-refractivity contribution in [3.8, 4) is 6.07 Å². The van der Waals surface area contributed by atoms with Gasteiger partial charge in [-0.1, -0.05) is 61.7 Å². The van der Waals surface area contributed by atoms with Crippen LogP contribution >= 0.6 is 31.9 Å². The third kappa shape index (κ3) is 1.71. The van der Waals surface area contributed by atoms with Gasteiger partial charge in [0.1, 0.15) is 9.30 Å². The Hall–Kier alpha value is -0.370. The Morgan fingerprint density at radius 2 is 1.94 bits per heavy atom. The van der Waals surface area contributed by atoms with Crippen LogP contribution in [0.25, 0.3) is 0 Å². The number of halogens is 2. The van der Waals surface area contributed by atoms with Gasteiger partial charge in [-0.05, 0) is 6.92 Å². The van der Waals surface area contributed by atoms with E-state index in [4.69, 9.17) is 4.74 Å². The molecule has 0 saturated carbocycles. The molecule has 2 nitrogen and oxygen atoms in total. The fourth-order valence-electron chi connectivity index (χ4n) is 1.88. The second-order valence-corrected chi connectivity index (χ2v) is 7.73. The highest BCUT2D eigenvalue weighted by Crippen LogP contribution is 2.53. The lowest BCUT2D eigenvalue weighted by atomic mass is 9.91. The van der Waals surface area contributed by atoms with E-state index in [0.29, 0.717) is 6.61 Å². The summed E-state index contributed by atoms with van der Waals surface area (Å²) in [5.74, 6) is 0. The summed E-state index contributed by atoms with van der Waals surface area (Å²) in [6.07, 6.45) is 0.758. The first-order chi connectivity index (χ1) is 7.52. The lowest BCUT2D eigenvalue weighted by Crippen LogP contribution is -2.37. The van der Waals surface area contributed by atoms with Crippen LogP contribution in [0.1, 0.15) is 17.5 Å². The highest BCUT2D eigenvalue weighted by molar-refractivity contribution is 9.25. The predicted octanol–water partition coefficient (Wildman–Crippen LogP) is 3.62. The number of nitrogens with zero attached hydrogens (tertiary/aromatic N) is 1. The Morgan fingerprint density at radius 1 is 1.31 bits per heavy atom. The second-order valence-electron chi connectivity index (χ2n) is 3.96. The first-order valence-electron chi connectivity index (χ1n) is 5.02. The van der Waals surface area contributed by atoms with Gasteiger partial charge < -0.3 is 4.74 Å². The van der Waals surface area contributed by atoms with E-state index in [1.165, 1.54) is 5.56 Å². The zero-order valence-corrected chi connectivity index (χ0v) is 12.0. The Balaban J connectivity index is 2.51. The van der Waals surface area contributed by atoms with Crippen LogP contribution in [0.2, 0.25) is 0 Å². The molecule has 0 amide bonds. The van der Waals surface area contributed by atoms with Crippen molar-refractivity contribution in [3.63, 3.8) is 0 Å². The molecule has 0 radical (unpaired) electrons. The number of hydrogen-bond acceptors (Lipinski definition) is 2. The number of aryl methyl sites for hydroxylation is 1. The minimum absolute atomic E-state index is 0.503. The molecule has 1 aromatic carbocycles. The number of alkyl halides is 2. The molecule has 4 heteroatoms. The van der Waals surface area contributed by atoms with Crippen LogP contribution < -0.4 is 0 Å². The van der Waals surface area contributed by atoms with E-state index >= 15 is 0 Å². The second kappa shape index (κ2) is 4.14. The van der Waals surface area contributed by atoms with E-state index in [0.717, 1.165) is 12.0 Å². The van der Waals surface area contributed by atoms with Gasteiger partial charge in [0.15, 0.2) is 0 Å². The smallest absolute Gasteiger partial charge is 0.204 e. The topological polar surface area (TPSA) is 33.0 Å². The quantitative estimate of drug-likeness (QED) is 0.729. The summed E-state index contributed by atoms with van der Waals surface area (Å²) in [6, 6.07) is 10.2. The molecule has 0 aliphatic carbocycles. The molecule has 1 saturated heterocycles. The monoisotopic (exact) mass is 343 g/mol. The molecule has 1 aliphatic heterocycles. The molecule has 1 aliphatic rings. The van der Waals surface area contributed by atoms with Gasteiger partial charge in [-0.25, -0.2) is 0 Å². The van der Waals surface area contributed by atoms with Crippen LogP contribution in [0, 0.1) is 18.3 Å². The van der Waals surface area contributed by atoms with Gasteiger partial charge in [0.05, 0.1) is 6.61 Å². The van der Waals surface area contributed by atoms with Gasteiger partial charge in [0.25, 0.3) is 0 Å². The zero-order valence-electron chi connectivity index (χ0n) is 8.84. The van der Waals surface area contributed by atoms with Gasteiger partial charge in [0.2, 0.25) is 5.60 Å². The Morgan fingerprint density at radius 3 is 2.38 bits per heavy atom. The summed E-state index contributed by atoms with van der Waals surface area (Å²) in [4.78, 5) is 0. The highest BCUT2D eigenvalue weighted by atomic mass is 79.9. The van der Waals surface area contributed by atoms with Crippen molar-refractivity contribution in [2.75, 3.05) is 6.61 Å². The molecule has 0 aromatic heterocycles. The Labute approximate surface area is 112 Å². The van der Waals surface area contributed by atoms with Crippen molar-refractivity contribution in [2.24, 2.45) is 0 Å². The molecule has 16 heavy (non-hydrogen) atoms. The van der Waals surface area contributed by atoms with Gasteiger partial charge >= 0.3 is 0 Å². The maximum atomic E-state index is 9.44. The molecule has 0 bridgehead atoms. The van der Waals surface area contributed by atoms with Crippen molar-refractivity contribution in [1.82, 2.24) is 0 Å². The number of hydrogen-bond donors (Lipinski definition) is 0. The third-order valence-corrected chi connectivity index (χ3v) is 4.77. The maximum absolute atomic E-state index is 9.44. The van der Waals surface area contributed by atoms with Crippen molar-refractivity contribution in [3.05, 3.63) is 35.4 Å². The maximum Gasteiger partial charge on any atom is 0.204 e. The summed E-state index contributed by atoms with van der Waals surface area (Å²) < 4.78 is 5.17. The van der Waals surface area contributed by atoms with Crippen LogP contribution in [0.5, 0.6) is 0 Å². The molecular formula is C12H11Br2NO. The Bertz CT molecular complexity index is 435. The summed E-state index contributed by atoms with van der Waals surface area (Å²) in [5, 5.41) is 9.44. The largest absolute Gasteiger partial charge is 0.354 e. The zero-order chi connectivity index (χ0) is 11.8. The molecule has 1 atom stereocenters. The normalized spacial score (nSPS) is 27.6. The molecular weight excluding hydrogens is 334 g/mol. The van der Waals surface area contributed by atoms with E-state index < -0.39 is 8.83 Å². The van der Waals surface area contributed by atoms with Gasteiger partial charge in [-0.15, -0.1) is 0 Å². The highest BCUT2D eigenvalue weighted by Gasteiger charge is 2.55. The molecule has 1 fully saturated rings. The fourth-order valence-corrected chi connectivity index (χ4v) is 3.06. The average molecular weight is 345 g/mol. The molecule has 0 spiro atoms. The summed E-state index contributed by atoms with van der Waals surface area (Å²) >= 11 is 7.10. The van der Waals surface area contributed by atoms with Gasteiger partial charge in [-0.2, -0.15) is 5.26 Å². The van der Waals surface area contributed by atoms with Crippen LogP contribution in [0.3, 0.4) is 0 Å². The minimum Gasteiger partial charge on any atom is -0.354 e. The minimum atomic E-state index is -0.944. The third-order valence-electron chi connectivity index (χ3n) is 2.87. The van der Waals surface area contributed by atoms with E-state index in [9.17, 15) is 5.26 Å². The number of benzene rings is 1. The Kier molecular flexibility index (Phi) is 3.13. The molecule has 1 unspecified atom stereocenters. The fraction of sp³-hybridized carbons (Fsp3) is 0.417. The van der Waals surface area contributed by atoms with Crippen LogP contribution in [-0.4, -0.2) is 9.84 Å². The number of rotatable bonds is 1. The molecule has 1 aromatic rings. The van der Waals surface area contributed by atoms with Gasteiger partial charge in [0, 0.05) is 12.0 Å². The van der Waals surface area contributed by atoms with E-state index in [2.05, 4.69) is 37.9 Å². The summed E-state index contributed by atoms with van der Waals surface area (Å²) in [7, 11) is 0. The van der Waals surface area contributed by atoms with Crippen molar-refractivity contribution in [1.29, 1.82) is 5.26 Å². The number of nitriles is 1.